The van der Waals surface area contributed by atoms with Gasteiger partial charge in [0.2, 0.25) is 0 Å². The van der Waals surface area contributed by atoms with Crippen LogP contribution in [0.1, 0.15) is 92.0 Å². The molecule has 4 atom stereocenters. The first-order valence-electron chi connectivity index (χ1n) is 15.3. The van der Waals surface area contributed by atoms with Crippen molar-refractivity contribution in [2.75, 3.05) is 0 Å². The summed E-state index contributed by atoms with van der Waals surface area (Å²) in [6.07, 6.45) is 1.25. The van der Waals surface area contributed by atoms with Crippen molar-refractivity contribution in [3.63, 3.8) is 0 Å². The van der Waals surface area contributed by atoms with Crippen LogP contribution in [0.3, 0.4) is 0 Å². The summed E-state index contributed by atoms with van der Waals surface area (Å²) in [6.45, 7) is 18.3. The van der Waals surface area contributed by atoms with E-state index in [0.717, 1.165) is 31.5 Å². The van der Waals surface area contributed by atoms with Gasteiger partial charge in [0.25, 0.3) is 0 Å². The standard InChI is InChI=1S/C37H51NO3/c1-9-10-20-33(35(39)25(2)3)37(40)41-36(31-17-12-11-13-18-31)30(8)38(23-32-19-15-14-16-27(32)5)24-34-28(6)21-26(4)22-29(34)7/h11-19,21-22,25,30,33,35-36,39H,9-10,20,23-24H2,1-8H3/t30-,33+,35-,36-/m0/s1. The zero-order chi connectivity index (χ0) is 30.1. The average molecular weight is 558 g/mol. The van der Waals surface area contributed by atoms with Crippen LogP contribution in [-0.4, -0.2) is 28.1 Å². The van der Waals surface area contributed by atoms with Crippen molar-refractivity contribution in [3.05, 3.63) is 106 Å². The largest absolute Gasteiger partial charge is 0.456 e. The molecule has 0 unspecified atom stereocenters. The van der Waals surface area contributed by atoms with Crippen molar-refractivity contribution in [2.24, 2.45) is 11.8 Å². The molecule has 0 saturated carbocycles. The minimum Gasteiger partial charge on any atom is -0.456 e. The summed E-state index contributed by atoms with van der Waals surface area (Å²) >= 11 is 0. The molecule has 0 fully saturated rings. The predicted molar refractivity (Wildman–Crippen MR) is 170 cm³/mol. The normalized spacial score (nSPS) is 14.6. The number of hydrogen-bond acceptors (Lipinski definition) is 4. The minimum atomic E-state index is -0.735. The summed E-state index contributed by atoms with van der Waals surface area (Å²) in [7, 11) is 0. The van der Waals surface area contributed by atoms with E-state index in [1.54, 1.807) is 0 Å². The lowest BCUT2D eigenvalue weighted by atomic mass is 9.89. The number of nitrogens with zero attached hydrogens (tertiary/aromatic N) is 1. The first-order chi connectivity index (χ1) is 19.5. The third-order valence-electron chi connectivity index (χ3n) is 8.49. The fourth-order valence-electron chi connectivity index (χ4n) is 5.82. The van der Waals surface area contributed by atoms with E-state index in [-0.39, 0.29) is 17.9 Å². The lowest BCUT2D eigenvalue weighted by Gasteiger charge is -2.37. The molecule has 1 N–H and O–H groups in total. The zero-order valence-corrected chi connectivity index (χ0v) is 26.5. The highest BCUT2D eigenvalue weighted by Crippen LogP contribution is 2.32. The third-order valence-corrected chi connectivity index (χ3v) is 8.49. The Kier molecular flexibility index (Phi) is 12.2. The molecule has 0 bridgehead atoms. The lowest BCUT2D eigenvalue weighted by molar-refractivity contribution is -0.164. The Morgan fingerprint density at radius 1 is 0.854 bits per heavy atom. The van der Waals surface area contributed by atoms with Crippen LogP contribution in [0.15, 0.2) is 66.7 Å². The number of aliphatic hydroxyl groups excluding tert-OH is 1. The van der Waals surface area contributed by atoms with Gasteiger partial charge in [0.1, 0.15) is 6.10 Å². The smallest absolute Gasteiger partial charge is 0.312 e. The van der Waals surface area contributed by atoms with E-state index in [0.29, 0.717) is 6.42 Å². The van der Waals surface area contributed by atoms with Crippen LogP contribution < -0.4 is 0 Å². The molecule has 222 valence electrons. The molecule has 3 aromatic carbocycles. The first kappa shape index (κ1) is 32.6. The van der Waals surface area contributed by atoms with Crippen molar-refractivity contribution in [2.45, 2.75) is 106 Å². The maximum atomic E-state index is 13.8. The van der Waals surface area contributed by atoms with Crippen LogP contribution in [0.25, 0.3) is 0 Å². The highest BCUT2D eigenvalue weighted by Gasteiger charge is 2.35. The van der Waals surface area contributed by atoms with Crippen molar-refractivity contribution >= 4 is 5.97 Å². The van der Waals surface area contributed by atoms with Crippen LogP contribution in [0.4, 0.5) is 0 Å². The number of carbonyl (C=O) groups is 1. The molecular weight excluding hydrogens is 506 g/mol. The van der Waals surface area contributed by atoms with Gasteiger partial charge in [-0.1, -0.05) is 106 Å². The highest BCUT2D eigenvalue weighted by atomic mass is 16.5. The van der Waals surface area contributed by atoms with Crippen molar-refractivity contribution in [3.8, 4) is 0 Å². The number of carbonyl (C=O) groups excluding carboxylic acids is 1. The molecule has 0 aromatic heterocycles. The fourth-order valence-corrected chi connectivity index (χ4v) is 5.82. The van der Waals surface area contributed by atoms with Gasteiger partial charge in [0.05, 0.1) is 12.0 Å². The van der Waals surface area contributed by atoms with Crippen LogP contribution in [0, 0.1) is 39.5 Å². The lowest BCUT2D eigenvalue weighted by Crippen LogP contribution is -2.41. The Morgan fingerprint density at radius 2 is 1.46 bits per heavy atom. The molecule has 0 amide bonds. The SMILES string of the molecule is CCCC[C@@H](C(=O)O[C@H](c1ccccc1)[C@H](C)N(Cc1ccccc1C)Cc1c(C)cc(C)cc1C)[C@@H](O)C(C)C. The number of aryl methyl sites for hydroxylation is 4. The van der Waals surface area contributed by atoms with E-state index >= 15 is 0 Å². The summed E-state index contributed by atoms with van der Waals surface area (Å²) in [5, 5.41) is 11.0. The van der Waals surface area contributed by atoms with E-state index < -0.39 is 18.1 Å². The Bertz CT molecular complexity index is 1230. The molecule has 0 radical (unpaired) electrons. The summed E-state index contributed by atoms with van der Waals surface area (Å²) < 4.78 is 6.45. The second-order valence-electron chi connectivity index (χ2n) is 12.2. The van der Waals surface area contributed by atoms with Crippen molar-refractivity contribution in [1.29, 1.82) is 0 Å². The quantitative estimate of drug-likeness (QED) is 0.202. The number of benzene rings is 3. The minimum absolute atomic E-state index is 0.0259. The van der Waals surface area contributed by atoms with Gasteiger partial charge in [-0.15, -0.1) is 0 Å². The number of ether oxygens (including phenoxy) is 1. The summed E-state index contributed by atoms with van der Waals surface area (Å²) in [5.74, 6) is -0.874. The molecule has 0 aliphatic rings. The fraction of sp³-hybridized carbons (Fsp3) is 0.486. The van der Waals surface area contributed by atoms with Gasteiger partial charge >= 0.3 is 5.97 Å². The molecule has 0 aliphatic heterocycles. The van der Waals surface area contributed by atoms with Crippen molar-refractivity contribution in [1.82, 2.24) is 4.90 Å². The maximum Gasteiger partial charge on any atom is 0.312 e. The van der Waals surface area contributed by atoms with Gasteiger partial charge in [0, 0.05) is 19.1 Å². The second-order valence-corrected chi connectivity index (χ2v) is 12.2. The number of hydrogen-bond donors (Lipinski definition) is 1. The summed E-state index contributed by atoms with van der Waals surface area (Å²) in [6, 6.07) is 23.0. The number of aliphatic hydroxyl groups is 1. The molecule has 4 nitrogen and oxygen atoms in total. The topological polar surface area (TPSA) is 49.8 Å². The van der Waals surface area contributed by atoms with E-state index in [4.69, 9.17) is 4.74 Å². The predicted octanol–water partition coefficient (Wildman–Crippen LogP) is 8.42. The molecule has 0 spiro atoms. The third kappa shape index (κ3) is 8.77. The molecule has 3 aromatic rings. The van der Waals surface area contributed by atoms with E-state index in [2.05, 4.69) is 82.8 Å². The molecule has 4 heteroatoms. The average Bonchev–Trinajstić information content (AvgIpc) is 2.94. The van der Waals surface area contributed by atoms with Crippen LogP contribution in [0.2, 0.25) is 0 Å². The number of unbranched alkanes of at least 4 members (excludes halogenated alkanes) is 1. The Labute approximate surface area is 248 Å². The maximum absolute atomic E-state index is 13.8. The van der Waals surface area contributed by atoms with Gasteiger partial charge in [-0.3, -0.25) is 9.69 Å². The molecular formula is C37H51NO3. The van der Waals surface area contributed by atoms with Gasteiger partial charge in [0.15, 0.2) is 0 Å². The number of rotatable bonds is 14. The Morgan fingerprint density at radius 3 is 2.05 bits per heavy atom. The molecule has 0 saturated heterocycles. The van der Waals surface area contributed by atoms with Gasteiger partial charge in [-0.05, 0) is 80.3 Å². The van der Waals surface area contributed by atoms with Crippen LogP contribution in [0.5, 0.6) is 0 Å². The van der Waals surface area contributed by atoms with Crippen molar-refractivity contribution < 1.29 is 14.6 Å². The molecule has 41 heavy (non-hydrogen) atoms. The zero-order valence-electron chi connectivity index (χ0n) is 26.5. The first-order valence-corrected chi connectivity index (χ1v) is 15.3. The molecule has 0 heterocycles. The van der Waals surface area contributed by atoms with Crippen LogP contribution in [-0.2, 0) is 22.6 Å². The molecule has 3 rings (SSSR count). The highest BCUT2D eigenvalue weighted by molar-refractivity contribution is 5.73. The molecule has 0 aliphatic carbocycles. The summed E-state index contributed by atoms with van der Waals surface area (Å²) in [4.78, 5) is 16.3. The Hall–Kier alpha value is -2.95. The second kappa shape index (κ2) is 15.3. The monoisotopic (exact) mass is 557 g/mol. The van der Waals surface area contributed by atoms with Gasteiger partial charge < -0.3 is 9.84 Å². The van der Waals surface area contributed by atoms with E-state index in [1.165, 1.54) is 33.4 Å². The number of esters is 1. The Balaban J connectivity index is 2.04. The van der Waals surface area contributed by atoms with Crippen LogP contribution >= 0.6 is 0 Å². The van der Waals surface area contributed by atoms with Gasteiger partial charge in [-0.25, -0.2) is 0 Å². The van der Waals surface area contributed by atoms with Gasteiger partial charge in [-0.2, -0.15) is 0 Å². The summed E-state index contributed by atoms with van der Waals surface area (Å²) in [5.41, 5.74) is 8.60. The van der Waals surface area contributed by atoms with E-state index in [9.17, 15) is 9.90 Å². The van der Waals surface area contributed by atoms with E-state index in [1.807, 2.05) is 44.2 Å².